The molecule has 0 fully saturated rings. The highest BCUT2D eigenvalue weighted by atomic mass is 16.5. The smallest absolute Gasteiger partial charge is 0.200 e. The molecule has 33 heavy (non-hydrogen) atoms. The first-order valence-electron chi connectivity index (χ1n) is 10.8. The topological polar surface area (TPSA) is 61.1 Å². The van der Waals surface area contributed by atoms with E-state index in [9.17, 15) is 4.79 Å². The molecule has 1 aliphatic heterocycles. The van der Waals surface area contributed by atoms with E-state index in [1.54, 1.807) is 32.4 Å². The van der Waals surface area contributed by atoms with Crippen molar-refractivity contribution < 1.29 is 18.6 Å². The first-order chi connectivity index (χ1) is 16.1. The Balaban J connectivity index is 1.54. The number of benzene rings is 3. The van der Waals surface area contributed by atoms with Crippen LogP contribution >= 0.6 is 0 Å². The minimum atomic E-state index is -0.0977. The third-order valence-electron chi connectivity index (χ3n) is 6.27. The van der Waals surface area contributed by atoms with Gasteiger partial charge in [-0.05, 0) is 42.3 Å². The molecule has 168 valence electrons. The van der Waals surface area contributed by atoms with Gasteiger partial charge in [-0.25, -0.2) is 0 Å². The van der Waals surface area contributed by atoms with Crippen molar-refractivity contribution in [3.8, 4) is 28.4 Å². The maximum absolute atomic E-state index is 13.4. The molecular formula is C27H25NO5. The SMILES string of the molecule is COc1ccc(-c2coc3c4c(ccc3c2=O)OCN(C(C)c2ccccc2)C4)cc1OC. The van der Waals surface area contributed by atoms with Crippen LogP contribution in [0.3, 0.4) is 0 Å². The summed E-state index contributed by atoms with van der Waals surface area (Å²) in [5.74, 6) is 1.91. The van der Waals surface area contributed by atoms with Gasteiger partial charge in [0.25, 0.3) is 0 Å². The van der Waals surface area contributed by atoms with E-state index in [0.29, 0.717) is 46.9 Å². The van der Waals surface area contributed by atoms with E-state index >= 15 is 0 Å². The van der Waals surface area contributed by atoms with Gasteiger partial charge in [-0.15, -0.1) is 0 Å². The highest BCUT2D eigenvalue weighted by molar-refractivity contribution is 5.86. The summed E-state index contributed by atoms with van der Waals surface area (Å²) in [6, 6.07) is 19.5. The van der Waals surface area contributed by atoms with Crippen LogP contribution < -0.4 is 19.6 Å². The zero-order valence-electron chi connectivity index (χ0n) is 18.8. The lowest BCUT2D eigenvalue weighted by atomic mass is 10.0. The largest absolute Gasteiger partial charge is 0.493 e. The number of hydrogen-bond donors (Lipinski definition) is 0. The molecule has 1 aromatic heterocycles. The molecule has 6 nitrogen and oxygen atoms in total. The Hall–Kier alpha value is -3.77. The molecule has 2 heterocycles. The summed E-state index contributed by atoms with van der Waals surface area (Å²) in [5, 5.41) is 0.527. The molecule has 6 heteroatoms. The van der Waals surface area contributed by atoms with Gasteiger partial charge in [0.05, 0.1) is 30.7 Å². The van der Waals surface area contributed by atoms with Crippen molar-refractivity contribution in [1.82, 2.24) is 4.90 Å². The Labute approximate surface area is 191 Å². The van der Waals surface area contributed by atoms with Crippen molar-refractivity contribution in [2.75, 3.05) is 21.0 Å². The lowest BCUT2D eigenvalue weighted by molar-refractivity contribution is 0.0620. The van der Waals surface area contributed by atoms with E-state index in [4.69, 9.17) is 18.6 Å². The predicted molar refractivity (Wildman–Crippen MR) is 127 cm³/mol. The van der Waals surface area contributed by atoms with Crippen molar-refractivity contribution in [2.24, 2.45) is 0 Å². The average molecular weight is 443 g/mol. The zero-order valence-corrected chi connectivity index (χ0v) is 18.8. The minimum Gasteiger partial charge on any atom is -0.493 e. The van der Waals surface area contributed by atoms with Crippen LogP contribution in [0.25, 0.3) is 22.1 Å². The van der Waals surface area contributed by atoms with Crippen LogP contribution in [0.2, 0.25) is 0 Å². The standard InChI is InChI=1S/C27H25NO5/c1-17(18-7-5-4-6-8-18)28-14-21-23(33-16-28)12-10-20-26(29)22(15-32-27(20)21)19-9-11-24(30-2)25(13-19)31-3/h4-13,15,17H,14,16H2,1-3H3. The van der Waals surface area contributed by atoms with Gasteiger partial charge in [-0.3, -0.25) is 9.69 Å². The van der Waals surface area contributed by atoms with Crippen LogP contribution in [0.4, 0.5) is 0 Å². The number of ether oxygens (including phenoxy) is 3. The second-order valence-corrected chi connectivity index (χ2v) is 8.07. The minimum absolute atomic E-state index is 0.0977. The highest BCUT2D eigenvalue weighted by Gasteiger charge is 2.26. The molecule has 5 rings (SSSR count). The average Bonchev–Trinajstić information content (AvgIpc) is 2.88. The Morgan fingerprint density at radius 2 is 1.76 bits per heavy atom. The van der Waals surface area contributed by atoms with Crippen molar-refractivity contribution in [1.29, 1.82) is 0 Å². The number of fused-ring (bicyclic) bond motifs is 3. The molecule has 1 unspecified atom stereocenters. The van der Waals surface area contributed by atoms with Crippen LogP contribution in [-0.4, -0.2) is 25.9 Å². The fourth-order valence-electron chi connectivity index (χ4n) is 4.32. The van der Waals surface area contributed by atoms with Gasteiger partial charge in [-0.2, -0.15) is 0 Å². The summed E-state index contributed by atoms with van der Waals surface area (Å²) in [6.45, 7) is 3.25. The Bertz CT molecular complexity index is 1360. The van der Waals surface area contributed by atoms with Gasteiger partial charge in [0.1, 0.15) is 24.3 Å². The van der Waals surface area contributed by atoms with Gasteiger partial charge in [0.2, 0.25) is 5.43 Å². The van der Waals surface area contributed by atoms with Crippen molar-refractivity contribution in [3.63, 3.8) is 0 Å². The predicted octanol–water partition coefficient (Wildman–Crippen LogP) is 5.39. The second-order valence-electron chi connectivity index (χ2n) is 8.07. The van der Waals surface area contributed by atoms with Gasteiger partial charge in [0.15, 0.2) is 11.5 Å². The maximum atomic E-state index is 13.4. The molecule has 0 spiro atoms. The number of hydrogen-bond acceptors (Lipinski definition) is 6. The highest BCUT2D eigenvalue weighted by Crippen LogP contribution is 2.36. The number of nitrogens with zero attached hydrogens (tertiary/aromatic N) is 1. The van der Waals surface area contributed by atoms with Crippen LogP contribution in [0, 0.1) is 0 Å². The summed E-state index contributed by atoms with van der Waals surface area (Å²) in [5.41, 5.74) is 3.73. The molecular weight excluding hydrogens is 418 g/mol. The molecule has 0 amide bonds. The summed E-state index contributed by atoms with van der Waals surface area (Å²) < 4.78 is 22.8. The lowest BCUT2D eigenvalue weighted by Gasteiger charge is -2.34. The second kappa shape index (κ2) is 8.64. The molecule has 0 radical (unpaired) electrons. The van der Waals surface area contributed by atoms with Crippen LogP contribution in [0.15, 0.2) is 76.1 Å². The van der Waals surface area contributed by atoms with Gasteiger partial charge < -0.3 is 18.6 Å². The molecule has 1 aliphatic rings. The Kier molecular flexibility index (Phi) is 5.52. The normalized spacial score (nSPS) is 14.4. The third kappa shape index (κ3) is 3.72. The number of methoxy groups -OCH3 is 2. The summed E-state index contributed by atoms with van der Waals surface area (Å²) in [4.78, 5) is 15.6. The van der Waals surface area contributed by atoms with E-state index in [0.717, 1.165) is 11.3 Å². The first kappa shape index (κ1) is 21.1. The van der Waals surface area contributed by atoms with Gasteiger partial charge >= 0.3 is 0 Å². The van der Waals surface area contributed by atoms with Crippen molar-refractivity contribution in [3.05, 3.63) is 88.3 Å². The third-order valence-corrected chi connectivity index (χ3v) is 6.27. The van der Waals surface area contributed by atoms with E-state index in [1.807, 2.05) is 30.3 Å². The maximum Gasteiger partial charge on any atom is 0.200 e. The Morgan fingerprint density at radius 3 is 2.52 bits per heavy atom. The molecule has 0 saturated heterocycles. The molecule has 0 bridgehead atoms. The monoisotopic (exact) mass is 443 g/mol. The van der Waals surface area contributed by atoms with E-state index in [2.05, 4.69) is 24.0 Å². The van der Waals surface area contributed by atoms with E-state index < -0.39 is 0 Å². The molecule has 1 atom stereocenters. The zero-order chi connectivity index (χ0) is 22.9. The summed E-state index contributed by atoms with van der Waals surface area (Å²) >= 11 is 0. The van der Waals surface area contributed by atoms with Crippen LogP contribution in [-0.2, 0) is 6.54 Å². The van der Waals surface area contributed by atoms with E-state index in [1.165, 1.54) is 11.8 Å². The fourth-order valence-corrected chi connectivity index (χ4v) is 4.32. The van der Waals surface area contributed by atoms with Crippen molar-refractivity contribution >= 4 is 11.0 Å². The fraction of sp³-hybridized carbons (Fsp3) is 0.222. The molecule has 0 saturated carbocycles. The van der Waals surface area contributed by atoms with Crippen LogP contribution in [0.1, 0.15) is 24.1 Å². The summed E-state index contributed by atoms with van der Waals surface area (Å²) in [6.07, 6.45) is 1.52. The summed E-state index contributed by atoms with van der Waals surface area (Å²) in [7, 11) is 3.15. The lowest BCUT2D eigenvalue weighted by Crippen LogP contribution is -2.34. The van der Waals surface area contributed by atoms with Crippen molar-refractivity contribution in [2.45, 2.75) is 19.5 Å². The first-order valence-corrected chi connectivity index (χ1v) is 10.8. The molecule has 0 N–H and O–H groups in total. The quantitative estimate of drug-likeness (QED) is 0.412. The molecule has 4 aromatic rings. The van der Waals surface area contributed by atoms with Gasteiger partial charge in [-0.1, -0.05) is 36.4 Å². The molecule has 0 aliphatic carbocycles. The number of rotatable bonds is 5. The van der Waals surface area contributed by atoms with E-state index in [-0.39, 0.29) is 11.5 Å². The Morgan fingerprint density at radius 1 is 0.970 bits per heavy atom. The van der Waals surface area contributed by atoms with Crippen LogP contribution in [0.5, 0.6) is 17.2 Å². The van der Waals surface area contributed by atoms with Gasteiger partial charge in [0, 0.05) is 12.6 Å². The molecule has 3 aromatic carbocycles.